The fraction of sp³-hybridized carbons (Fsp3) is 0.0400. The molecule has 0 fully saturated rings. The normalized spacial score (nSPS) is 11.4. The van der Waals surface area contributed by atoms with Gasteiger partial charge in [-0.25, -0.2) is 4.85 Å². The third-order valence-corrected chi connectivity index (χ3v) is 10.7. The van der Waals surface area contributed by atoms with Crippen LogP contribution in [0.5, 0.6) is 0 Å². The molecular weight excluding hydrogens is 671 g/mol. The minimum Gasteiger partial charge on any atom is -0.312 e. The van der Waals surface area contributed by atoms with Crippen molar-refractivity contribution in [2.75, 3.05) is 9.80 Å². The van der Waals surface area contributed by atoms with Crippen LogP contribution < -0.4 is 9.80 Å². The van der Waals surface area contributed by atoms with Gasteiger partial charge in [-0.3, -0.25) is 0 Å². The van der Waals surface area contributed by atoms with Crippen LogP contribution in [0.4, 0.5) is 39.8 Å². The molecule has 0 aliphatic rings. The zero-order valence-electron chi connectivity index (χ0n) is 30.3. The van der Waals surface area contributed by atoms with Crippen molar-refractivity contribution in [2.24, 2.45) is 0 Å². The highest BCUT2D eigenvalue weighted by Crippen LogP contribution is 2.47. The predicted molar refractivity (Wildman–Crippen MR) is 228 cm³/mol. The molecule has 2 heterocycles. The van der Waals surface area contributed by atoms with Crippen LogP contribution in [0.1, 0.15) is 16.7 Å². The van der Waals surface area contributed by atoms with Gasteiger partial charge in [-0.1, -0.05) is 72.8 Å². The first-order valence-electron chi connectivity index (χ1n) is 18.3. The van der Waals surface area contributed by atoms with E-state index in [2.05, 4.69) is 166 Å². The van der Waals surface area contributed by atoms with E-state index in [4.69, 9.17) is 6.57 Å². The van der Waals surface area contributed by atoms with E-state index in [1.54, 1.807) is 0 Å². The van der Waals surface area contributed by atoms with Crippen molar-refractivity contribution >= 4 is 88.7 Å². The zero-order valence-corrected chi connectivity index (χ0v) is 30.3. The summed E-state index contributed by atoms with van der Waals surface area (Å²) in [7, 11) is 0. The number of hydrogen-bond acceptors (Lipinski definition) is 3. The number of benzene rings is 8. The number of fused-ring (bicyclic) bond motifs is 8. The van der Waals surface area contributed by atoms with E-state index >= 15 is 0 Å². The van der Waals surface area contributed by atoms with E-state index < -0.39 is 0 Å². The van der Waals surface area contributed by atoms with Crippen LogP contribution in [-0.2, 0) is 0 Å². The van der Waals surface area contributed by atoms with Gasteiger partial charge in [-0.15, -0.1) is 0 Å². The van der Waals surface area contributed by atoms with Crippen molar-refractivity contribution in [3.8, 4) is 6.07 Å². The van der Waals surface area contributed by atoms with Crippen molar-refractivity contribution in [3.05, 3.63) is 192 Å². The highest BCUT2D eigenvalue weighted by atomic mass is 15.1. The molecule has 0 aliphatic carbocycles. The van der Waals surface area contributed by atoms with Gasteiger partial charge in [0.2, 0.25) is 0 Å². The SMILES string of the molecule is [C-]#[N+]c1cccc(N(c2cccc(C)c2)c2ccc3c4cc5ccc(N(c6cccc(C)c6)c6cccc(C#N)c6)cc5c5c6ccccc6n(c3c2)c45)c1. The number of nitriles is 1. The maximum atomic E-state index is 9.81. The highest BCUT2D eigenvalue weighted by Gasteiger charge is 2.23. The molecule has 8 aromatic carbocycles. The van der Waals surface area contributed by atoms with Crippen molar-refractivity contribution in [3.63, 3.8) is 0 Å². The molecule has 0 radical (unpaired) electrons. The molecule has 258 valence electrons. The molecule has 0 atom stereocenters. The van der Waals surface area contributed by atoms with E-state index in [9.17, 15) is 5.26 Å². The molecule has 0 saturated heterocycles. The fourth-order valence-electron chi connectivity index (χ4n) is 8.39. The average molecular weight is 704 g/mol. The lowest BCUT2D eigenvalue weighted by Gasteiger charge is -2.26. The molecule has 5 heteroatoms. The monoisotopic (exact) mass is 703 g/mol. The molecule has 0 saturated carbocycles. The van der Waals surface area contributed by atoms with Crippen LogP contribution in [0.2, 0.25) is 0 Å². The summed E-state index contributed by atoms with van der Waals surface area (Å²) in [6, 6.07) is 59.6. The van der Waals surface area contributed by atoms with Crippen LogP contribution in [0.15, 0.2) is 164 Å². The summed E-state index contributed by atoms with van der Waals surface area (Å²) in [6.45, 7) is 11.9. The second-order valence-corrected chi connectivity index (χ2v) is 14.2. The average Bonchev–Trinajstić information content (AvgIpc) is 3.73. The Hall–Kier alpha value is -7.60. The van der Waals surface area contributed by atoms with Gasteiger partial charge in [0.25, 0.3) is 0 Å². The largest absolute Gasteiger partial charge is 0.312 e. The van der Waals surface area contributed by atoms with E-state index in [0.29, 0.717) is 11.3 Å². The van der Waals surface area contributed by atoms with E-state index in [-0.39, 0.29) is 0 Å². The second kappa shape index (κ2) is 12.5. The number of anilines is 6. The Morgan fingerprint density at radius 3 is 1.84 bits per heavy atom. The summed E-state index contributed by atoms with van der Waals surface area (Å²) in [5, 5.41) is 17.0. The molecule has 2 aromatic heterocycles. The number of hydrogen-bond donors (Lipinski definition) is 0. The van der Waals surface area contributed by atoms with Gasteiger partial charge in [-0.2, -0.15) is 5.26 Å². The predicted octanol–water partition coefficient (Wildman–Crippen LogP) is 14.0. The third kappa shape index (κ3) is 5.14. The molecule has 0 amide bonds. The summed E-state index contributed by atoms with van der Waals surface area (Å²) < 4.78 is 2.43. The lowest BCUT2D eigenvalue weighted by molar-refractivity contribution is 1.27. The van der Waals surface area contributed by atoms with Gasteiger partial charge < -0.3 is 14.2 Å². The molecule has 0 spiro atoms. The Labute approximate surface area is 318 Å². The molecule has 0 bridgehead atoms. The number of nitrogens with zero attached hydrogens (tertiary/aromatic N) is 5. The summed E-state index contributed by atoms with van der Waals surface area (Å²) in [5.41, 5.74) is 13.0. The topological polar surface area (TPSA) is 39.0 Å². The molecule has 0 N–H and O–H groups in total. The fourth-order valence-corrected chi connectivity index (χ4v) is 8.39. The van der Waals surface area contributed by atoms with E-state index in [0.717, 1.165) is 50.7 Å². The number of aryl methyl sites for hydroxylation is 2. The van der Waals surface area contributed by atoms with Gasteiger partial charge in [0, 0.05) is 55.7 Å². The molecule has 10 rings (SSSR count). The molecule has 0 unspecified atom stereocenters. The minimum atomic E-state index is 0.603. The zero-order chi connectivity index (χ0) is 37.2. The van der Waals surface area contributed by atoms with Crippen LogP contribution in [-0.4, -0.2) is 4.40 Å². The standard InChI is InChI=1S/C50H33N5/c1-32-10-6-14-37(24-32)53(39-16-8-12-34(26-39)31-51)41-21-20-35-27-46-43-23-22-42(54(38-15-7-11-33(2)25-38)40-17-9-13-36(28-40)52-3)30-48(43)55-47-19-5-4-18-44(47)49(50(46)55)45(35)29-41/h4-30H,1-2H3. The highest BCUT2D eigenvalue weighted by molar-refractivity contribution is 6.31. The van der Waals surface area contributed by atoms with Gasteiger partial charge in [-0.05, 0) is 127 Å². The summed E-state index contributed by atoms with van der Waals surface area (Å²) in [5.74, 6) is 0. The quantitative estimate of drug-likeness (QED) is 0.162. The van der Waals surface area contributed by atoms with Gasteiger partial charge in [0.15, 0.2) is 5.69 Å². The van der Waals surface area contributed by atoms with Crippen molar-refractivity contribution in [1.29, 1.82) is 5.26 Å². The van der Waals surface area contributed by atoms with Crippen LogP contribution in [0.25, 0.3) is 53.7 Å². The van der Waals surface area contributed by atoms with Crippen LogP contribution in [0, 0.1) is 31.8 Å². The first-order chi connectivity index (χ1) is 27.0. The first-order valence-corrected chi connectivity index (χ1v) is 18.3. The Balaban J connectivity index is 1.24. The number of para-hydroxylation sites is 1. The summed E-state index contributed by atoms with van der Waals surface area (Å²) in [4.78, 5) is 8.24. The smallest absolute Gasteiger partial charge is 0.189 e. The Kier molecular flexibility index (Phi) is 7.30. The second-order valence-electron chi connectivity index (χ2n) is 14.2. The Bertz CT molecular complexity index is 3100. The Morgan fingerprint density at radius 1 is 0.509 bits per heavy atom. The van der Waals surface area contributed by atoms with Crippen molar-refractivity contribution < 1.29 is 0 Å². The first kappa shape index (κ1) is 32.1. The lowest BCUT2D eigenvalue weighted by atomic mass is 9.99. The molecule has 55 heavy (non-hydrogen) atoms. The lowest BCUT2D eigenvalue weighted by Crippen LogP contribution is -2.10. The number of rotatable bonds is 6. The maximum Gasteiger partial charge on any atom is 0.189 e. The number of aromatic nitrogens is 1. The molecule has 5 nitrogen and oxygen atoms in total. The van der Waals surface area contributed by atoms with Crippen LogP contribution in [0.3, 0.4) is 0 Å². The van der Waals surface area contributed by atoms with Crippen molar-refractivity contribution in [1.82, 2.24) is 4.40 Å². The van der Waals surface area contributed by atoms with E-state index in [1.165, 1.54) is 43.4 Å². The summed E-state index contributed by atoms with van der Waals surface area (Å²) in [6.07, 6.45) is 0. The third-order valence-electron chi connectivity index (χ3n) is 10.7. The van der Waals surface area contributed by atoms with E-state index in [1.807, 2.05) is 36.4 Å². The Morgan fingerprint density at radius 2 is 1.13 bits per heavy atom. The molecule has 10 aromatic rings. The van der Waals surface area contributed by atoms with Gasteiger partial charge >= 0.3 is 0 Å². The van der Waals surface area contributed by atoms with Gasteiger partial charge in [0.1, 0.15) is 0 Å². The minimum absolute atomic E-state index is 0.603. The van der Waals surface area contributed by atoms with Crippen molar-refractivity contribution in [2.45, 2.75) is 13.8 Å². The van der Waals surface area contributed by atoms with Gasteiger partial charge in [0.05, 0.1) is 34.8 Å². The molecule has 0 aliphatic heterocycles. The summed E-state index contributed by atoms with van der Waals surface area (Å²) >= 11 is 0. The maximum absolute atomic E-state index is 9.81. The molecular formula is C50H33N5. The van der Waals surface area contributed by atoms with Crippen LogP contribution >= 0.6 is 0 Å².